The number of aliphatic carboxylic acids is 1. The summed E-state index contributed by atoms with van der Waals surface area (Å²) < 4.78 is 0. The quantitative estimate of drug-likeness (QED) is 0.781. The van der Waals surface area contributed by atoms with E-state index in [4.69, 9.17) is 10.8 Å². The number of anilines is 1. The largest absolute Gasteiger partial charge is 0.481 e. The van der Waals surface area contributed by atoms with Crippen molar-refractivity contribution in [3.05, 3.63) is 29.3 Å². The SMILES string of the molecule is Cc1cc(C(N)=O)ccc1NC(=O)[C@@H]1CC[C@H](C(=O)O)C1. The van der Waals surface area contributed by atoms with E-state index in [1.54, 1.807) is 25.1 Å². The number of amides is 2. The predicted octanol–water partition coefficient (Wildman–Crippen LogP) is 1.53. The molecule has 4 N–H and O–H groups in total. The standard InChI is InChI=1S/C15H18N2O4/c1-8-6-9(13(16)18)4-5-12(8)17-14(19)10-2-3-11(7-10)15(20)21/h4-6,10-11H,2-3,7H2,1H3,(H2,16,18)(H,17,19)(H,20,21)/t10-,11+/m1/s1. The van der Waals surface area contributed by atoms with Gasteiger partial charge < -0.3 is 16.2 Å². The number of benzene rings is 1. The highest BCUT2D eigenvalue weighted by Crippen LogP contribution is 2.32. The molecule has 2 rings (SSSR count). The molecule has 1 aliphatic rings. The zero-order chi connectivity index (χ0) is 15.6. The van der Waals surface area contributed by atoms with Crippen LogP contribution in [0, 0.1) is 18.8 Å². The summed E-state index contributed by atoms with van der Waals surface area (Å²) in [5, 5.41) is 11.7. The molecule has 112 valence electrons. The third kappa shape index (κ3) is 3.39. The van der Waals surface area contributed by atoms with Crippen LogP contribution >= 0.6 is 0 Å². The Labute approximate surface area is 122 Å². The lowest BCUT2D eigenvalue weighted by molar-refractivity contribution is -0.141. The molecule has 1 aliphatic carbocycles. The summed E-state index contributed by atoms with van der Waals surface area (Å²) >= 11 is 0. The Kier molecular flexibility index (Phi) is 4.26. The van der Waals surface area contributed by atoms with Gasteiger partial charge in [0.25, 0.3) is 0 Å². The van der Waals surface area contributed by atoms with Crippen molar-refractivity contribution in [2.24, 2.45) is 17.6 Å². The number of rotatable bonds is 4. The summed E-state index contributed by atoms with van der Waals surface area (Å²) in [5.74, 6) is -2.24. The smallest absolute Gasteiger partial charge is 0.306 e. The molecule has 6 heteroatoms. The van der Waals surface area contributed by atoms with Crippen molar-refractivity contribution in [1.29, 1.82) is 0 Å². The Morgan fingerprint density at radius 2 is 1.90 bits per heavy atom. The normalized spacial score (nSPS) is 21.0. The van der Waals surface area contributed by atoms with Gasteiger partial charge in [-0.15, -0.1) is 0 Å². The third-order valence-electron chi connectivity index (χ3n) is 3.92. The fraction of sp³-hybridized carbons (Fsp3) is 0.400. The molecule has 2 amide bonds. The van der Waals surface area contributed by atoms with Crippen molar-refractivity contribution < 1.29 is 19.5 Å². The number of hydrogen-bond donors (Lipinski definition) is 3. The van der Waals surface area contributed by atoms with Gasteiger partial charge in [-0.1, -0.05) is 0 Å². The van der Waals surface area contributed by atoms with Crippen LogP contribution in [0.15, 0.2) is 18.2 Å². The molecule has 0 aliphatic heterocycles. The molecule has 2 atom stereocenters. The van der Waals surface area contributed by atoms with E-state index in [-0.39, 0.29) is 11.8 Å². The number of aryl methyl sites for hydroxylation is 1. The zero-order valence-electron chi connectivity index (χ0n) is 11.8. The first-order valence-corrected chi connectivity index (χ1v) is 6.82. The summed E-state index contributed by atoms with van der Waals surface area (Å²) in [6, 6.07) is 4.81. The summed E-state index contributed by atoms with van der Waals surface area (Å²) in [7, 11) is 0. The lowest BCUT2D eigenvalue weighted by Crippen LogP contribution is -2.22. The van der Waals surface area contributed by atoms with Crippen LogP contribution in [0.5, 0.6) is 0 Å². The van der Waals surface area contributed by atoms with Crippen LogP contribution in [0.25, 0.3) is 0 Å². The van der Waals surface area contributed by atoms with E-state index in [0.29, 0.717) is 30.5 Å². The monoisotopic (exact) mass is 290 g/mol. The molecule has 0 heterocycles. The molecule has 0 radical (unpaired) electrons. The van der Waals surface area contributed by atoms with Crippen LogP contribution in [-0.4, -0.2) is 22.9 Å². The Morgan fingerprint density at radius 3 is 2.43 bits per heavy atom. The molecule has 21 heavy (non-hydrogen) atoms. The van der Waals surface area contributed by atoms with Crippen LogP contribution in [0.4, 0.5) is 5.69 Å². The molecule has 1 aromatic carbocycles. The Morgan fingerprint density at radius 1 is 1.24 bits per heavy atom. The number of carbonyl (C=O) groups excluding carboxylic acids is 2. The number of nitrogens with two attached hydrogens (primary N) is 1. The highest BCUT2D eigenvalue weighted by Gasteiger charge is 2.33. The van der Waals surface area contributed by atoms with Gasteiger partial charge in [0.05, 0.1) is 5.92 Å². The maximum Gasteiger partial charge on any atom is 0.306 e. The highest BCUT2D eigenvalue weighted by atomic mass is 16.4. The number of primary amides is 1. The van der Waals surface area contributed by atoms with E-state index in [2.05, 4.69) is 5.32 Å². The molecule has 0 bridgehead atoms. The van der Waals surface area contributed by atoms with Gasteiger partial charge in [-0.25, -0.2) is 0 Å². The van der Waals surface area contributed by atoms with Gasteiger partial charge >= 0.3 is 5.97 Å². The van der Waals surface area contributed by atoms with Crippen molar-refractivity contribution in [2.45, 2.75) is 26.2 Å². The second-order valence-electron chi connectivity index (χ2n) is 5.43. The van der Waals surface area contributed by atoms with Gasteiger partial charge in [-0.05, 0) is 49.9 Å². The second-order valence-corrected chi connectivity index (χ2v) is 5.43. The molecule has 0 aromatic heterocycles. The number of nitrogens with one attached hydrogen (secondary N) is 1. The molecule has 1 aromatic rings. The van der Waals surface area contributed by atoms with Crippen molar-refractivity contribution in [2.75, 3.05) is 5.32 Å². The maximum absolute atomic E-state index is 12.2. The molecule has 0 saturated heterocycles. The minimum absolute atomic E-state index is 0.173. The second kappa shape index (κ2) is 5.95. The molecule has 0 unspecified atom stereocenters. The number of carboxylic acid groups (broad SMARTS) is 1. The predicted molar refractivity (Wildman–Crippen MR) is 76.8 cm³/mol. The summed E-state index contributed by atoms with van der Waals surface area (Å²) in [5.41, 5.74) is 6.94. The third-order valence-corrected chi connectivity index (χ3v) is 3.92. The maximum atomic E-state index is 12.2. The molecular formula is C15H18N2O4. The van der Waals surface area contributed by atoms with Crippen LogP contribution in [0.1, 0.15) is 35.2 Å². The highest BCUT2D eigenvalue weighted by molar-refractivity contribution is 5.96. The topological polar surface area (TPSA) is 109 Å². The van der Waals surface area contributed by atoms with Crippen molar-refractivity contribution in [3.63, 3.8) is 0 Å². The molecule has 6 nitrogen and oxygen atoms in total. The van der Waals surface area contributed by atoms with E-state index >= 15 is 0 Å². The van der Waals surface area contributed by atoms with Gasteiger partial charge in [0, 0.05) is 17.2 Å². The number of hydrogen-bond acceptors (Lipinski definition) is 3. The first kappa shape index (κ1) is 15.0. The van der Waals surface area contributed by atoms with Crippen molar-refractivity contribution in [3.8, 4) is 0 Å². The minimum atomic E-state index is -0.840. The average Bonchev–Trinajstić information content (AvgIpc) is 2.90. The number of carboxylic acids is 1. The fourth-order valence-corrected chi connectivity index (χ4v) is 2.64. The summed E-state index contributed by atoms with van der Waals surface area (Å²) in [6.07, 6.45) is 1.49. The first-order chi connectivity index (χ1) is 9.88. The Balaban J connectivity index is 2.03. The van der Waals surface area contributed by atoms with E-state index < -0.39 is 17.8 Å². The molecular weight excluding hydrogens is 272 g/mol. The van der Waals surface area contributed by atoms with Crippen LogP contribution in [0.3, 0.4) is 0 Å². The van der Waals surface area contributed by atoms with Crippen LogP contribution in [0.2, 0.25) is 0 Å². The Bertz CT molecular complexity index is 597. The zero-order valence-corrected chi connectivity index (χ0v) is 11.8. The molecule has 1 fully saturated rings. The number of carbonyl (C=O) groups is 3. The van der Waals surface area contributed by atoms with Crippen LogP contribution < -0.4 is 11.1 Å². The van der Waals surface area contributed by atoms with Crippen LogP contribution in [-0.2, 0) is 9.59 Å². The van der Waals surface area contributed by atoms with Gasteiger partial charge in [-0.2, -0.15) is 0 Å². The van der Waals surface area contributed by atoms with E-state index in [0.717, 1.165) is 5.56 Å². The van der Waals surface area contributed by atoms with Crippen molar-refractivity contribution >= 4 is 23.5 Å². The fourth-order valence-electron chi connectivity index (χ4n) is 2.64. The molecule has 0 spiro atoms. The lowest BCUT2D eigenvalue weighted by atomic mass is 10.0. The summed E-state index contributed by atoms with van der Waals surface area (Å²) in [6.45, 7) is 1.77. The van der Waals surface area contributed by atoms with Gasteiger partial charge in [0.1, 0.15) is 0 Å². The Hall–Kier alpha value is -2.37. The van der Waals surface area contributed by atoms with Gasteiger partial charge in [0.2, 0.25) is 11.8 Å². The van der Waals surface area contributed by atoms with Crippen molar-refractivity contribution in [1.82, 2.24) is 0 Å². The van der Waals surface area contributed by atoms with E-state index in [1.165, 1.54) is 0 Å². The molecule has 1 saturated carbocycles. The summed E-state index contributed by atoms with van der Waals surface area (Å²) in [4.78, 5) is 34.1. The van der Waals surface area contributed by atoms with Gasteiger partial charge in [-0.3, -0.25) is 14.4 Å². The minimum Gasteiger partial charge on any atom is -0.481 e. The first-order valence-electron chi connectivity index (χ1n) is 6.82. The van der Waals surface area contributed by atoms with E-state index in [9.17, 15) is 14.4 Å². The van der Waals surface area contributed by atoms with E-state index in [1.807, 2.05) is 0 Å². The average molecular weight is 290 g/mol. The lowest BCUT2D eigenvalue weighted by Gasteiger charge is -2.13. The van der Waals surface area contributed by atoms with Gasteiger partial charge in [0.15, 0.2) is 0 Å².